The molecule has 0 bridgehead atoms. The number of benzene rings is 1. The monoisotopic (exact) mass is 267 g/mol. The Bertz CT molecular complexity index is 464. The van der Waals surface area contributed by atoms with Crippen LogP contribution in [0.1, 0.15) is 29.6 Å². The molecular formula is C14H18FNO3. The standard InChI is InChI=1S/C14H18FNO3/c1-19-11-4-5-12(13(15)7-11)14(18)16-8-9-2-3-10(17)6-9/h4-5,7,9-10,17H,2-3,6,8H2,1H3,(H,16,18). The van der Waals surface area contributed by atoms with Crippen molar-refractivity contribution in [2.24, 2.45) is 5.92 Å². The van der Waals surface area contributed by atoms with Gasteiger partial charge in [0.15, 0.2) is 0 Å². The topological polar surface area (TPSA) is 58.6 Å². The molecule has 2 atom stereocenters. The summed E-state index contributed by atoms with van der Waals surface area (Å²) in [5.74, 6) is -0.363. The van der Waals surface area contributed by atoms with E-state index in [0.717, 1.165) is 12.8 Å². The molecule has 0 aliphatic heterocycles. The average molecular weight is 267 g/mol. The number of amides is 1. The SMILES string of the molecule is COc1ccc(C(=O)NCC2CCC(O)C2)c(F)c1. The highest BCUT2D eigenvalue weighted by atomic mass is 19.1. The van der Waals surface area contributed by atoms with Crippen LogP contribution in [0.2, 0.25) is 0 Å². The first-order valence-corrected chi connectivity index (χ1v) is 6.40. The molecule has 1 aromatic carbocycles. The highest BCUT2D eigenvalue weighted by molar-refractivity contribution is 5.94. The quantitative estimate of drug-likeness (QED) is 0.873. The third kappa shape index (κ3) is 3.44. The molecule has 1 amide bonds. The number of rotatable bonds is 4. The number of carbonyl (C=O) groups excluding carboxylic acids is 1. The molecule has 1 saturated carbocycles. The summed E-state index contributed by atoms with van der Waals surface area (Å²) in [5.41, 5.74) is 0.0133. The maximum Gasteiger partial charge on any atom is 0.254 e. The zero-order valence-corrected chi connectivity index (χ0v) is 10.9. The Morgan fingerprint density at radius 1 is 1.53 bits per heavy atom. The van der Waals surface area contributed by atoms with Gasteiger partial charge in [0.1, 0.15) is 11.6 Å². The minimum absolute atomic E-state index is 0.0133. The molecule has 5 heteroatoms. The summed E-state index contributed by atoms with van der Waals surface area (Å²) in [6.45, 7) is 0.474. The highest BCUT2D eigenvalue weighted by Crippen LogP contribution is 2.24. The smallest absolute Gasteiger partial charge is 0.254 e. The number of aliphatic hydroxyl groups is 1. The van der Waals surface area contributed by atoms with Crippen LogP contribution in [-0.2, 0) is 0 Å². The van der Waals surface area contributed by atoms with Gasteiger partial charge in [-0.05, 0) is 37.3 Å². The first kappa shape index (κ1) is 13.8. The first-order chi connectivity index (χ1) is 9.10. The fourth-order valence-electron chi connectivity index (χ4n) is 2.37. The van der Waals surface area contributed by atoms with E-state index in [2.05, 4.69) is 5.32 Å². The summed E-state index contributed by atoms with van der Waals surface area (Å²) in [4.78, 5) is 11.8. The van der Waals surface area contributed by atoms with Crippen molar-refractivity contribution >= 4 is 5.91 Å². The maximum absolute atomic E-state index is 13.7. The fourth-order valence-corrected chi connectivity index (χ4v) is 2.37. The van der Waals surface area contributed by atoms with Crippen LogP contribution in [0.25, 0.3) is 0 Å². The molecule has 4 nitrogen and oxygen atoms in total. The van der Waals surface area contributed by atoms with E-state index in [9.17, 15) is 14.3 Å². The van der Waals surface area contributed by atoms with Crippen molar-refractivity contribution in [2.45, 2.75) is 25.4 Å². The van der Waals surface area contributed by atoms with Gasteiger partial charge in [0.05, 0.1) is 18.8 Å². The summed E-state index contributed by atoms with van der Waals surface area (Å²) in [5, 5.41) is 12.1. The predicted octanol–water partition coefficient (Wildman–Crippen LogP) is 1.73. The van der Waals surface area contributed by atoms with Gasteiger partial charge in [-0.3, -0.25) is 4.79 Å². The third-order valence-corrected chi connectivity index (χ3v) is 3.49. The molecule has 19 heavy (non-hydrogen) atoms. The predicted molar refractivity (Wildman–Crippen MR) is 68.6 cm³/mol. The Morgan fingerprint density at radius 2 is 2.32 bits per heavy atom. The van der Waals surface area contributed by atoms with Gasteiger partial charge in [-0.15, -0.1) is 0 Å². The van der Waals surface area contributed by atoms with E-state index >= 15 is 0 Å². The van der Waals surface area contributed by atoms with Gasteiger partial charge in [0.25, 0.3) is 5.91 Å². The second-order valence-corrected chi connectivity index (χ2v) is 4.89. The molecule has 0 aromatic heterocycles. The van der Waals surface area contributed by atoms with E-state index in [1.165, 1.54) is 19.2 Å². The van der Waals surface area contributed by atoms with Crippen LogP contribution in [0.3, 0.4) is 0 Å². The molecule has 2 N–H and O–H groups in total. The van der Waals surface area contributed by atoms with Gasteiger partial charge in [0, 0.05) is 12.6 Å². The second kappa shape index (κ2) is 6.02. The van der Waals surface area contributed by atoms with Crippen molar-refractivity contribution in [3.05, 3.63) is 29.6 Å². The Kier molecular flexibility index (Phi) is 4.37. The van der Waals surface area contributed by atoms with E-state index in [-0.39, 0.29) is 17.6 Å². The number of nitrogens with one attached hydrogen (secondary N) is 1. The van der Waals surface area contributed by atoms with E-state index in [0.29, 0.717) is 18.7 Å². The lowest BCUT2D eigenvalue weighted by Crippen LogP contribution is -2.29. The van der Waals surface area contributed by atoms with E-state index in [1.54, 1.807) is 6.07 Å². The van der Waals surface area contributed by atoms with Crippen molar-refractivity contribution < 1.29 is 19.0 Å². The van der Waals surface area contributed by atoms with Crippen molar-refractivity contribution in [3.63, 3.8) is 0 Å². The average Bonchev–Trinajstić information content (AvgIpc) is 2.81. The molecule has 1 aromatic rings. The summed E-state index contributed by atoms with van der Waals surface area (Å²) >= 11 is 0. The Morgan fingerprint density at radius 3 is 2.89 bits per heavy atom. The Labute approximate surface area is 111 Å². The van der Waals surface area contributed by atoms with Crippen molar-refractivity contribution in [3.8, 4) is 5.75 Å². The molecule has 0 saturated heterocycles. The molecule has 1 aliphatic rings. The van der Waals surface area contributed by atoms with Crippen LogP contribution in [0.15, 0.2) is 18.2 Å². The van der Waals surface area contributed by atoms with Gasteiger partial charge >= 0.3 is 0 Å². The normalized spacial score (nSPS) is 22.3. The molecule has 0 spiro atoms. The van der Waals surface area contributed by atoms with Crippen LogP contribution in [0.4, 0.5) is 4.39 Å². The lowest BCUT2D eigenvalue weighted by Gasteiger charge is -2.11. The van der Waals surface area contributed by atoms with Crippen LogP contribution in [-0.4, -0.2) is 30.8 Å². The number of hydrogen-bond donors (Lipinski definition) is 2. The summed E-state index contributed by atoms with van der Waals surface area (Å²) in [7, 11) is 1.44. The van der Waals surface area contributed by atoms with E-state index in [4.69, 9.17) is 4.74 Å². The van der Waals surface area contributed by atoms with Crippen molar-refractivity contribution in [1.29, 1.82) is 0 Å². The molecular weight excluding hydrogens is 249 g/mol. The molecule has 1 aliphatic carbocycles. The third-order valence-electron chi connectivity index (χ3n) is 3.49. The number of methoxy groups -OCH3 is 1. The van der Waals surface area contributed by atoms with E-state index in [1.807, 2.05) is 0 Å². The lowest BCUT2D eigenvalue weighted by molar-refractivity contribution is 0.0941. The fraction of sp³-hybridized carbons (Fsp3) is 0.500. The second-order valence-electron chi connectivity index (χ2n) is 4.89. The lowest BCUT2D eigenvalue weighted by atomic mass is 10.1. The number of halogens is 1. The highest BCUT2D eigenvalue weighted by Gasteiger charge is 2.23. The van der Waals surface area contributed by atoms with E-state index < -0.39 is 11.7 Å². The number of aliphatic hydroxyl groups excluding tert-OH is 1. The van der Waals surface area contributed by atoms with Gasteiger partial charge in [-0.25, -0.2) is 4.39 Å². The van der Waals surface area contributed by atoms with Crippen molar-refractivity contribution in [1.82, 2.24) is 5.32 Å². The van der Waals surface area contributed by atoms with Crippen molar-refractivity contribution in [2.75, 3.05) is 13.7 Å². The Hall–Kier alpha value is -1.62. The van der Waals surface area contributed by atoms with Crippen LogP contribution >= 0.6 is 0 Å². The molecule has 0 heterocycles. The van der Waals surface area contributed by atoms with Gasteiger partial charge in [-0.2, -0.15) is 0 Å². The number of hydrogen-bond acceptors (Lipinski definition) is 3. The zero-order chi connectivity index (χ0) is 13.8. The van der Waals surface area contributed by atoms with Crippen LogP contribution in [0, 0.1) is 11.7 Å². The summed E-state index contributed by atoms with van der Waals surface area (Å²) in [6.07, 6.45) is 2.11. The Balaban J connectivity index is 1.92. The first-order valence-electron chi connectivity index (χ1n) is 6.40. The zero-order valence-electron chi connectivity index (χ0n) is 10.9. The summed E-state index contributed by atoms with van der Waals surface area (Å²) < 4.78 is 18.6. The molecule has 104 valence electrons. The van der Waals surface area contributed by atoms with Gasteiger partial charge < -0.3 is 15.2 Å². The maximum atomic E-state index is 13.7. The summed E-state index contributed by atoms with van der Waals surface area (Å²) in [6, 6.07) is 4.15. The van der Waals surface area contributed by atoms with Gasteiger partial charge in [-0.1, -0.05) is 0 Å². The molecule has 2 unspecified atom stereocenters. The van der Waals surface area contributed by atoms with Gasteiger partial charge in [0.2, 0.25) is 0 Å². The molecule has 1 fully saturated rings. The minimum Gasteiger partial charge on any atom is -0.497 e. The van der Waals surface area contributed by atoms with Crippen LogP contribution < -0.4 is 10.1 Å². The number of carbonyl (C=O) groups is 1. The minimum atomic E-state index is -0.594. The van der Waals surface area contributed by atoms with Crippen LogP contribution in [0.5, 0.6) is 5.75 Å². The number of ether oxygens (including phenoxy) is 1. The molecule has 2 rings (SSSR count). The molecule has 0 radical (unpaired) electrons. The largest absolute Gasteiger partial charge is 0.497 e.